The molecule has 39 heavy (non-hydrogen) atoms. The molecule has 2 heteroatoms. The third-order valence-electron chi connectivity index (χ3n) is 7.40. The van der Waals surface area contributed by atoms with Crippen molar-refractivity contribution in [2.45, 2.75) is 6.92 Å². The molecule has 0 saturated carbocycles. The maximum Gasteiger partial charge on any atom is 0.0542 e. The number of anilines is 3. The Bertz CT molecular complexity index is 1920. The number of para-hydroxylation sites is 3. The second-order valence-electron chi connectivity index (χ2n) is 9.98. The summed E-state index contributed by atoms with van der Waals surface area (Å²) in [5.41, 5.74) is 10.7. The first-order chi connectivity index (χ1) is 19.3. The molecule has 7 rings (SSSR count). The number of hydrogen-bond acceptors (Lipinski definition) is 1. The molecule has 7 aromatic rings. The molecule has 0 radical (unpaired) electrons. The zero-order chi connectivity index (χ0) is 26.2. The van der Waals surface area contributed by atoms with E-state index in [1.54, 1.807) is 0 Å². The van der Waals surface area contributed by atoms with Gasteiger partial charge in [0.25, 0.3) is 0 Å². The predicted molar refractivity (Wildman–Crippen MR) is 166 cm³/mol. The molecule has 0 amide bonds. The fourth-order valence-corrected chi connectivity index (χ4v) is 5.63. The Morgan fingerprint density at radius 2 is 1.05 bits per heavy atom. The Balaban J connectivity index is 1.44. The zero-order valence-electron chi connectivity index (χ0n) is 21.8. The van der Waals surface area contributed by atoms with E-state index in [4.69, 9.17) is 0 Å². The first-order valence-corrected chi connectivity index (χ1v) is 13.4. The lowest BCUT2D eigenvalue weighted by Crippen LogP contribution is -2.10. The van der Waals surface area contributed by atoms with E-state index >= 15 is 0 Å². The average molecular weight is 501 g/mol. The maximum absolute atomic E-state index is 2.36. The van der Waals surface area contributed by atoms with Crippen LogP contribution in [0.25, 0.3) is 38.6 Å². The third-order valence-corrected chi connectivity index (χ3v) is 7.40. The molecule has 1 aromatic heterocycles. The van der Waals surface area contributed by atoms with Gasteiger partial charge in [0.15, 0.2) is 0 Å². The van der Waals surface area contributed by atoms with Crippen molar-refractivity contribution < 1.29 is 0 Å². The van der Waals surface area contributed by atoms with Crippen LogP contribution in [0.2, 0.25) is 0 Å². The summed E-state index contributed by atoms with van der Waals surface area (Å²) in [6.07, 6.45) is 0. The van der Waals surface area contributed by atoms with Gasteiger partial charge in [0, 0.05) is 33.5 Å². The standard InChI is InChI=1S/C37H28N2/c1-27-12-10-13-28(24-27)29-14-11-19-32(25-29)38(30-15-4-2-5-16-30)33-22-23-37-35(26-33)34-20-8-9-21-36(34)39(37)31-17-6-3-7-18-31/h2-26H,1H3. The van der Waals surface area contributed by atoms with Crippen molar-refractivity contribution in [1.29, 1.82) is 0 Å². The van der Waals surface area contributed by atoms with E-state index in [-0.39, 0.29) is 0 Å². The number of nitrogens with zero attached hydrogens (tertiary/aromatic N) is 2. The molecule has 0 saturated heterocycles. The summed E-state index contributed by atoms with van der Waals surface area (Å²) >= 11 is 0. The highest BCUT2D eigenvalue weighted by Crippen LogP contribution is 2.40. The molecule has 0 aliphatic heterocycles. The Kier molecular flexibility index (Phi) is 5.71. The molecule has 2 nitrogen and oxygen atoms in total. The van der Waals surface area contributed by atoms with Crippen molar-refractivity contribution in [3.8, 4) is 16.8 Å². The first-order valence-electron chi connectivity index (χ1n) is 13.4. The first kappa shape index (κ1) is 23.1. The van der Waals surface area contributed by atoms with Crippen LogP contribution < -0.4 is 4.90 Å². The highest BCUT2D eigenvalue weighted by molar-refractivity contribution is 6.10. The second kappa shape index (κ2) is 9.66. The number of hydrogen-bond donors (Lipinski definition) is 0. The molecular weight excluding hydrogens is 472 g/mol. The highest BCUT2D eigenvalue weighted by atomic mass is 15.1. The van der Waals surface area contributed by atoms with Crippen LogP contribution in [-0.4, -0.2) is 4.57 Å². The van der Waals surface area contributed by atoms with E-state index in [0.29, 0.717) is 0 Å². The van der Waals surface area contributed by atoms with Gasteiger partial charge in [-0.3, -0.25) is 0 Å². The lowest BCUT2D eigenvalue weighted by molar-refractivity contribution is 1.18. The fraction of sp³-hybridized carbons (Fsp3) is 0.0270. The molecule has 0 N–H and O–H groups in total. The lowest BCUT2D eigenvalue weighted by Gasteiger charge is -2.26. The Labute approximate surface area is 229 Å². The van der Waals surface area contributed by atoms with Gasteiger partial charge in [-0.25, -0.2) is 0 Å². The molecule has 0 aliphatic carbocycles. The number of fused-ring (bicyclic) bond motifs is 3. The van der Waals surface area contributed by atoms with Crippen LogP contribution in [0.5, 0.6) is 0 Å². The van der Waals surface area contributed by atoms with Crippen molar-refractivity contribution in [3.63, 3.8) is 0 Å². The molecule has 6 aromatic carbocycles. The molecular formula is C37H28N2. The van der Waals surface area contributed by atoms with Crippen LogP contribution in [-0.2, 0) is 0 Å². The van der Waals surface area contributed by atoms with Gasteiger partial charge in [0.05, 0.1) is 11.0 Å². The topological polar surface area (TPSA) is 8.17 Å². The predicted octanol–water partition coefficient (Wildman–Crippen LogP) is 10.2. The third kappa shape index (κ3) is 4.17. The van der Waals surface area contributed by atoms with Crippen LogP contribution in [0.1, 0.15) is 5.56 Å². The fourth-order valence-electron chi connectivity index (χ4n) is 5.63. The number of benzene rings is 6. The smallest absolute Gasteiger partial charge is 0.0542 e. The van der Waals surface area contributed by atoms with Crippen molar-refractivity contribution in [2.24, 2.45) is 0 Å². The SMILES string of the molecule is Cc1cccc(-c2cccc(N(c3ccccc3)c3ccc4c(c3)c3ccccc3n4-c3ccccc3)c2)c1. The molecule has 0 fully saturated rings. The van der Waals surface area contributed by atoms with Crippen molar-refractivity contribution >= 4 is 38.9 Å². The van der Waals surface area contributed by atoms with Crippen LogP contribution in [0.15, 0.2) is 152 Å². The maximum atomic E-state index is 2.36. The van der Waals surface area contributed by atoms with E-state index in [1.807, 2.05) is 0 Å². The number of aromatic nitrogens is 1. The largest absolute Gasteiger partial charge is 0.310 e. The van der Waals surface area contributed by atoms with Crippen LogP contribution >= 0.6 is 0 Å². The number of rotatable bonds is 5. The van der Waals surface area contributed by atoms with Gasteiger partial charge in [0.2, 0.25) is 0 Å². The van der Waals surface area contributed by atoms with Gasteiger partial charge in [-0.05, 0) is 78.7 Å². The quantitative estimate of drug-likeness (QED) is 0.228. The van der Waals surface area contributed by atoms with Crippen LogP contribution in [0.4, 0.5) is 17.1 Å². The molecule has 0 atom stereocenters. The minimum Gasteiger partial charge on any atom is -0.310 e. The summed E-state index contributed by atoms with van der Waals surface area (Å²) in [6.45, 7) is 2.14. The summed E-state index contributed by atoms with van der Waals surface area (Å²) in [5.74, 6) is 0. The summed E-state index contributed by atoms with van der Waals surface area (Å²) < 4.78 is 2.36. The second-order valence-corrected chi connectivity index (χ2v) is 9.98. The molecule has 186 valence electrons. The van der Waals surface area contributed by atoms with Gasteiger partial charge in [-0.2, -0.15) is 0 Å². The van der Waals surface area contributed by atoms with E-state index in [0.717, 1.165) is 17.1 Å². The Morgan fingerprint density at radius 3 is 1.85 bits per heavy atom. The summed E-state index contributed by atoms with van der Waals surface area (Å²) in [6, 6.07) is 54.3. The van der Waals surface area contributed by atoms with E-state index in [1.165, 1.54) is 44.2 Å². The Hall–Kier alpha value is -5.08. The summed E-state index contributed by atoms with van der Waals surface area (Å²) in [4.78, 5) is 2.35. The van der Waals surface area contributed by atoms with Gasteiger partial charge < -0.3 is 9.47 Å². The van der Waals surface area contributed by atoms with Crippen molar-refractivity contribution in [1.82, 2.24) is 4.57 Å². The molecule has 0 unspecified atom stereocenters. The average Bonchev–Trinajstić information content (AvgIpc) is 3.32. The normalized spacial score (nSPS) is 11.2. The number of aryl methyl sites for hydroxylation is 1. The monoisotopic (exact) mass is 500 g/mol. The van der Waals surface area contributed by atoms with Gasteiger partial charge in [-0.15, -0.1) is 0 Å². The van der Waals surface area contributed by atoms with Gasteiger partial charge >= 0.3 is 0 Å². The van der Waals surface area contributed by atoms with E-state index < -0.39 is 0 Å². The lowest BCUT2D eigenvalue weighted by atomic mass is 10.0. The molecule has 1 heterocycles. The summed E-state index contributed by atoms with van der Waals surface area (Å²) in [7, 11) is 0. The van der Waals surface area contributed by atoms with Crippen molar-refractivity contribution in [3.05, 3.63) is 157 Å². The zero-order valence-corrected chi connectivity index (χ0v) is 21.8. The molecule has 0 spiro atoms. The molecule has 0 aliphatic rings. The van der Waals surface area contributed by atoms with E-state index in [2.05, 4.69) is 168 Å². The van der Waals surface area contributed by atoms with E-state index in [9.17, 15) is 0 Å². The van der Waals surface area contributed by atoms with Crippen LogP contribution in [0, 0.1) is 6.92 Å². The minimum absolute atomic E-state index is 1.13. The van der Waals surface area contributed by atoms with Gasteiger partial charge in [-0.1, -0.05) is 96.6 Å². The highest BCUT2D eigenvalue weighted by Gasteiger charge is 2.17. The Morgan fingerprint density at radius 1 is 0.436 bits per heavy atom. The van der Waals surface area contributed by atoms with Crippen LogP contribution in [0.3, 0.4) is 0 Å². The van der Waals surface area contributed by atoms with Crippen molar-refractivity contribution in [2.75, 3.05) is 4.90 Å². The minimum atomic E-state index is 1.13. The summed E-state index contributed by atoms with van der Waals surface area (Å²) in [5, 5.41) is 2.49. The van der Waals surface area contributed by atoms with Gasteiger partial charge in [0.1, 0.15) is 0 Å². The molecule has 0 bridgehead atoms.